The van der Waals surface area contributed by atoms with Crippen molar-refractivity contribution in [3.05, 3.63) is 70.8 Å². The van der Waals surface area contributed by atoms with Crippen molar-refractivity contribution in [1.29, 1.82) is 0 Å². The Labute approximate surface area is 251 Å². The van der Waals surface area contributed by atoms with E-state index in [-0.39, 0.29) is 16.5 Å². The minimum absolute atomic E-state index is 0.00254. The van der Waals surface area contributed by atoms with Gasteiger partial charge in [0.05, 0.1) is 35.6 Å². The fourth-order valence-electron chi connectivity index (χ4n) is 7.40. The Morgan fingerprint density at radius 1 is 0.841 bits per heavy atom. The highest BCUT2D eigenvalue weighted by Crippen LogP contribution is 2.54. The molecule has 3 fully saturated rings. The Kier molecular flexibility index (Phi) is 7.92. The molecule has 0 aromatic heterocycles. The van der Waals surface area contributed by atoms with Crippen LogP contribution < -0.4 is 5.32 Å². The predicted octanol–water partition coefficient (Wildman–Crippen LogP) is 6.32. The lowest BCUT2D eigenvalue weighted by Gasteiger charge is -2.41. The number of hydrogen-bond acceptors (Lipinski definition) is 5. The second-order valence-electron chi connectivity index (χ2n) is 13.0. The molecule has 12 heteroatoms. The molecule has 0 bridgehead atoms. The van der Waals surface area contributed by atoms with Crippen molar-refractivity contribution in [2.75, 3.05) is 7.11 Å². The molecule has 2 aromatic rings. The molecule has 5 rings (SSSR count). The number of likely N-dealkylation sites (tertiary alicyclic amines) is 1. The van der Waals surface area contributed by atoms with Crippen LogP contribution in [0.15, 0.2) is 48.5 Å². The lowest BCUT2D eigenvalue weighted by atomic mass is 9.70. The van der Waals surface area contributed by atoms with Crippen molar-refractivity contribution >= 4 is 17.8 Å². The summed E-state index contributed by atoms with van der Waals surface area (Å²) in [7, 11) is 1.06. The molecule has 0 radical (unpaired) electrons. The number of halogens is 6. The maximum atomic E-state index is 14.4. The summed E-state index contributed by atoms with van der Waals surface area (Å²) in [6, 6.07) is 5.76. The first-order chi connectivity index (χ1) is 20.4. The van der Waals surface area contributed by atoms with Gasteiger partial charge >= 0.3 is 18.3 Å². The Balaban J connectivity index is 1.70. The minimum atomic E-state index is -4.82. The van der Waals surface area contributed by atoms with E-state index < -0.39 is 70.7 Å². The summed E-state index contributed by atoms with van der Waals surface area (Å²) in [5, 5.41) is 2.88. The summed E-state index contributed by atoms with van der Waals surface area (Å²) in [5.74, 6) is -4.99. The van der Waals surface area contributed by atoms with Gasteiger partial charge < -0.3 is 4.74 Å². The first-order valence-electron chi connectivity index (χ1n) is 14.5. The predicted molar refractivity (Wildman–Crippen MR) is 147 cm³/mol. The highest BCUT2D eigenvalue weighted by molar-refractivity contribution is 6.09. The van der Waals surface area contributed by atoms with Crippen LogP contribution in [0.3, 0.4) is 0 Å². The van der Waals surface area contributed by atoms with Crippen molar-refractivity contribution in [2.45, 2.75) is 76.4 Å². The summed E-state index contributed by atoms with van der Waals surface area (Å²) in [5.41, 5.74) is -4.70. The third kappa shape index (κ3) is 5.28. The van der Waals surface area contributed by atoms with Gasteiger partial charge in [-0.2, -0.15) is 26.3 Å². The number of amides is 2. The number of hydrogen-bond donors (Lipinski definition) is 1. The molecule has 1 saturated carbocycles. The van der Waals surface area contributed by atoms with Crippen LogP contribution in [0.1, 0.15) is 68.7 Å². The number of methoxy groups -OCH3 is 1. The topological polar surface area (TPSA) is 75.7 Å². The van der Waals surface area contributed by atoms with Gasteiger partial charge in [0.1, 0.15) is 6.04 Å². The monoisotopic (exact) mass is 624 g/mol. The molecule has 2 saturated heterocycles. The SMILES string of the molecule is COC(=O)[C@@H]1NC(c2cccc(C(F)(F)F)c2)(c2cccc(C(F)(F)F)c2)[C@H]2C(=O)N(C3CCC(C(C)(C)C)CC3)C(=O)[C@@H]12. The molecule has 2 heterocycles. The van der Waals surface area contributed by atoms with Crippen LogP contribution in [-0.2, 0) is 37.0 Å². The van der Waals surface area contributed by atoms with Gasteiger partial charge in [-0.15, -0.1) is 0 Å². The first-order valence-corrected chi connectivity index (χ1v) is 14.5. The molecule has 1 aliphatic carbocycles. The Hall–Kier alpha value is -3.41. The maximum absolute atomic E-state index is 14.4. The summed E-state index contributed by atoms with van der Waals surface area (Å²) >= 11 is 0. The molecular formula is C32H34F6N2O4. The van der Waals surface area contributed by atoms with E-state index in [2.05, 4.69) is 26.1 Å². The third-order valence-electron chi connectivity index (χ3n) is 9.63. The number of benzene rings is 2. The molecule has 3 aliphatic rings. The number of imide groups is 1. The van der Waals surface area contributed by atoms with E-state index in [0.717, 1.165) is 61.2 Å². The fraction of sp³-hybridized carbons (Fsp3) is 0.531. The number of fused-ring (bicyclic) bond motifs is 1. The lowest BCUT2D eigenvalue weighted by molar-refractivity contribution is -0.150. The molecule has 2 aliphatic heterocycles. The Morgan fingerprint density at radius 2 is 1.34 bits per heavy atom. The van der Waals surface area contributed by atoms with E-state index in [1.54, 1.807) is 0 Å². The number of esters is 1. The quantitative estimate of drug-likeness (QED) is 0.245. The van der Waals surface area contributed by atoms with Gasteiger partial charge in [-0.05, 0) is 72.4 Å². The summed E-state index contributed by atoms with van der Waals surface area (Å²) in [4.78, 5) is 42.8. The smallest absolute Gasteiger partial charge is 0.416 e. The zero-order chi connectivity index (χ0) is 32.4. The lowest BCUT2D eigenvalue weighted by Crippen LogP contribution is -2.53. The zero-order valence-corrected chi connectivity index (χ0v) is 24.7. The van der Waals surface area contributed by atoms with Gasteiger partial charge in [0.15, 0.2) is 0 Å². The van der Waals surface area contributed by atoms with Gasteiger partial charge in [-0.1, -0.05) is 45.0 Å². The Morgan fingerprint density at radius 3 is 1.77 bits per heavy atom. The molecule has 238 valence electrons. The van der Waals surface area contributed by atoms with Gasteiger partial charge in [0, 0.05) is 6.04 Å². The molecule has 0 spiro atoms. The number of nitrogens with zero attached hydrogens (tertiary/aromatic N) is 1. The second-order valence-corrected chi connectivity index (χ2v) is 13.0. The zero-order valence-electron chi connectivity index (χ0n) is 24.7. The van der Waals surface area contributed by atoms with Gasteiger partial charge in [-0.25, -0.2) is 0 Å². The maximum Gasteiger partial charge on any atom is 0.416 e. The van der Waals surface area contributed by atoms with E-state index in [9.17, 15) is 40.7 Å². The van der Waals surface area contributed by atoms with Crippen molar-refractivity contribution in [3.8, 4) is 0 Å². The largest absolute Gasteiger partial charge is 0.468 e. The third-order valence-corrected chi connectivity index (χ3v) is 9.63. The molecule has 1 N–H and O–H groups in total. The van der Waals surface area contributed by atoms with Crippen LogP contribution in [0, 0.1) is 23.2 Å². The van der Waals surface area contributed by atoms with E-state index in [0.29, 0.717) is 18.8 Å². The van der Waals surface area contributed by atoms with Crippen LogP contribution in [0.4, 0.5) is 26.3 Å². The fourth-order valence-corrected chi connectivity index (χ4v) is 7.40. The normalized spacial score (nSPS) is 27.4. The molecule has 2 amide bonds. The van der Waals surface area contributed by atoms with Crippen LogP contribution in [0.25, 0.3) is 0 Å². The molecule has 3 atom stereocenters. The average Bonchev–Trinajstić information content (AvgIpc) is 3.45. The number of ether oxygens (including phenoxy) is 1. The molecular weight excluding hydrogens is 590 g/mol. The van der Waals surface area contributed by atoms with Crippen LogP contribution >= 0.6 is 0 Å². The van der Waals surface area contributed by atoms with Crippen molar-refractivity contribution in [2.24, 2.45) is 23.2 Å². The molecule has 2 aromatic carbocycles. The second kappa shape index (κ2) is 10.9. The highest BCUT2D eigenvalue weighted by atomic mass is 19.4. The first kappa shape index (κ1) is 32.0. The number of carbonyl (C=O) groups is 3. The molecule has 0 unspecified atom stereocenters. The Bertz CT molecular complexity index is 1400. The van der Waals surface area contributed by atoms with Crippen LogP contribution in [0.2, 0.25) is 0 Å². The van der Waals surface area contributed by atoms with E-state index in [1.807, 2.05) is 0 Å². The standard InChI is InChI=1S/C32H34F6N2O4/c1-29(2,3)17-11-13-22(14-12-17)40-26(41)23-24(27(40)42)30(39-25(23)28(43)44-4,18-7-5-9-20(15-18)31(33,34)35)19-8-6-10-21(16-19)32(36,37)38/h5-10,15-17,22-25,39H,11-14H2,1-4H3/t17?,22?,23-,24-,25-/m1/s1. The number of carbonyl (C=O) groups excluding carboxylic acids is 3. The number of nitrogens with one attached hydrogen (secondary N) is 1. The van der Waals surface area contributed by atoms with Crippen molar-refractivity contribution in [1.82, 2.24) is 10.2 Å². The highest BCUT2D eigenvalue weighted by Gasteiger charge is 2.69. The van der Waals surface area contributed by atoms with Gasteiger partial charge in [0.25, 0.3) is 0 Å². The minimum Gasteiger partial charge on any atom is -0.468 e. The number of rotatable bonds is 4. The van der Waals surface area contributed by atoms with Crippen molar-refractivity contribution in [3.63, 3.8) is 0 Å². The van der Waals surface area contributed by atoms with E-state index in [1.165, 1.54) is 12.1 Å². The molecule has 44 heavy (non-hydrogen) atoms. The van der Waals surface area contributed by atoms with Crippen LogP contribution in [0.5, 0.6) is 0 Å². The van der Waals surface area contributed by atoms with Crippen molar-refractivity contribution < 1.29 is 45.5 Å². The van der Waals surface area contributed by atoms with E-state index >= 15 is 0 Å². The summed E-state index contributed by atoms with van der Waals surface area (Å²) < 4.78 is 88.4. The summed E-state index contributed by atoms with van der Waals surface area (Å²) in [6.45, 7) is 6.33. The van der Waals surface area contributed by atoms with Crippen LogP contribution in [-0.4, -0.2) is 41.9 Å². The molecule has 6 nitrogen and oxygen atoms in total. The van der Waals surface area contributed by atoms with E-state index in [4.69, 9.17) is 4.74 Å². The summed E-state index contributed by atoms with van der Waals surface area (Å²) in [6.07, 6.45) is -7.20. The van der Waals surface area contributed by atoms with Gasteiger partial charge in [-0.3, -0.25) is 24.6 Å². The average molecular weight is 625 g/mol. The number of alkyl halides is 6. The van der Waals surface area contributed by atoms with Gasteiger partial charge in [0.2, 0.25) is 11.8 Å².